The van der Waals surface area contributed by atoms with Crippen molar-refractivity contribution < 1.29 is 9.53 Å². The molecule has 0 atom stereocenters. The van der Waals surface area contributed by atoms with E-state index < -0.39 is 0 Å². The van der Waals surface area contributed by atoms with Crippen LogP contribution < -0.4 is 10.2 Å². The minimum absolute atomic E-state index is 0.259. The van der Waals surface area contributed by atoms with E-state index >= 15 is 0 Å². The van der Waals surface area contributed by atoms with Crippen LogP contribution in [0.15, 0.2) is 47.6 Å². The van der Waals surface area contributed by atoms with Gasteiger partial charge in [-0.05, 0) is 43.7 Å². The van der Waals surface area contributed by atoms with E-state index in [1.54, 1.807) is 30.5 Å². The summed E-state index contributed by atoms with van der Waals surface area (Å²) in [6.07, 6.45) is 6.12. The lowest BCUT2D eigenvalue weighted by molar-refractivity contribution is 0.0955. The van der Waals surface area contributed by atoms with Crippen LogP contribution in [0.1, 0.15) is 54.1 Å². The third-order valence-electron chi connectivity index (χ3n) is 3.91. The second kappa shape index (κ2) is 10.6. The maximum Gasteiger partial charge on any atom is 0.271 e. The number of amides is 1. The monoisotopic (exact) mass is 372 g/mol. The fourth-order valence-electron chi connectivity index (χ4n) is 2.39. The van der Waals surface area contributed by atoms with Gasteiger partial charge in [-0.1, -0.05) is 55.5 Å². The Hall–Kier alpha value is -2.33. The van der Waals surface area contributed by atoms with E-state index in [1.165, 1.54) is 12.8 Å². The van der Waals surface area contributed by atoms with Crippen molar-refractivity contribution in [3.05, 3.63) is 64.2 Å². The average molecular weight is 373 g/mol. The second-order valence-electron chi connectivity index (χ2n) is 6.16. The smallest absolute Gasteiger partial charge is 0.271 e. The maximum atomic E-state index is 12.1. The molecule has 0 aliphatic carbocycles. The molecule has 0 aliphatic rings. The highest BCUT2D eigenvalue weighted by atomic mass is 35.5. The minimum Gasteiger partial charge on any atom is -0.493 e. The van der Waals surface area contributed by atoms with E-state index in [4.69, 9.17) is 16.3 Å². The first-order chi connectivity index (χ1) is 12.6. The standard InChI is InChI=1S/C21H25ClN2O2/c1-3-4-5-6-13-26-20-12-11-19(22)14-18(20)15-23-24-21(25)17-9-7-16(2)8-10-17/h7-12,14-15H,3-6,13H2,1-2H3,(H,24,25)/b23-15+. The largest absolute Gasteiger partial charge is 0.493 e. The summed E-state index contributed by atoms with van der Waals surface area (Å²) in [6, 6.07) is 12.7. The van der Waals surface area contributed by atoms with Crippen LogP contribution in [0.25, 0.3) is 0 Å². The van der Waals surface area contributed by atoms with Gasteiger partial charge in [-0.3, -0.25) is 4.79 Å². The summed E-state index contributed by atoms with van der Waals surface area (Å²) in [5.74, 6) is 0.449. The fraction of sp³-hybridized carbons (Fsp3) is 0.333. The van der Waals surface area contributed by atoms with Crippen LogP contribution in [-0.4, -0.2) is 18.7 Å². The summed E-state index contributed by atoms with van der Waals surface area (Å²) in [6.45, 7) is 4.81. The molecule has 0 aliphatic heterocycles. The van der Waals surface area contributed by atoms with E-state index in [0.29, 0.717) is 22.9 Å². The zero-order valence-electron chi connectivity index (χ0n) is 15.3. The van der Waals surface area contributed by atoms with Crippen molar-refractivity contribution in [3.63, 3.8) is 0 Å². The molecule has 0 fully saturated rings. The molecule has 0 heterocycles. The molecule has 0 saturated carbocycles. The number of nitrogens with zero attached hydrogens (tertiary/aromatic N) is 1. The van der Waals surface area contributed by atoms with Crippen molar-refractivity contribution >= 4 is 23.7 Å². The van der Waals surface area contributed by atoms with Crippen LogP contribution in [0.3, 0.4) is 0 Å². The second-order valence-corrected chi connectivity index (χ2v) is 6.59. The zero-order chi connectivity index (χ0) is 18.8. The van der Waals surface area contributed by atoms with Gasteiger partial charge in [0.2, 0.25) is 0 Å². The van der Waals surface area contributed by atoms with Crippen LogP contribution in [0.4, 0.5) is 0 Å². The summed E-state index contributed by atoms with van der Waals surface area (Å²) in [5.41, 5.74) is 4.93. The molecular weight excluding hydrogens is 348 g/mol. The Morgan fingerprint density at radius 3 is 2.65 bits per heavy atom. The molecule has 4 nitrogen and oxygen atoms in total. The Balaban J connectivity index is 1.96. The normalized spacial score (nSPS) is 10.9. The molecule has 0 aromatic heterocycles. The molecule has 5 heteroatoms. The van der Waals surface area contributed by atoms with E-state index in [2.05, 4.69) is 17.5 Å². The van der Waals surface area contributed by atoms with Crippen molar-refractivity contribution in [3.8, 4) is 5.75 Å². The van der Waals surface area contributed by atoms with Crippen LogP contribution >= 0.6 is 11.6 Å². The number of hydrogen-bond donors (Lipinski definition) is 1. The Morgan fingerprint density at radius 2 is 1.92 bits per heavy atom. The van der Waals surface area contributed by atoms with Gasteiger partial charge in [0.15, 0.2) is 0 Å². The van der Waals surface area contributed by atoms with E-state index in [0.717, 1.165) is 24.0 Å². The number of aryl methyl sites for hydroxylation is 1. The van der Waals surface area contributed by atoms with Crippen molar-refractivity contribution in [1.29, 1.82) is 0 Å². The highest BCUT2D eigenvalue weighted by Crippen LogP contribution is 2.21. The average Bonchev–Trinajstić information content (AvgIpc) is 2.63. The number of unbranched alkanes of at least 4 members (excludes halogenated alkanes) is 3. The highest BCUT2D eigenvalue weighted by Gasteiger charge is 2.05. The van der Waals surface area contributed by atoms with Crippen LogP contribution in [0.2, 0.25) is 5.02 Å². The van der Waals surface area contributed by atoms with Crippen molar-refractivity contribution in [2.75, 3.05) is 6.61 Å². The number of carbonyl (C=O) groups excluding carboxylic acids is 1. The summed E-state index contributed by atoms with van der Waals surface area (Å²) in [5, 5.41) is 4.63. The lowest BCUT2D eigenvalue weighted by atomic mass is 10.1. The molecule has 1 amide bonds. The molecule has 0 spiro atoms. The van der Waals surface area contributed by atoms with Gasteiger partial charge in [0, 0.05) is 16.1 Å². The number of nitrogens with one attached hydrogen (secondary N) is 1. The summed E-state index contributed by atoms with van der Waals surface area (Å²) >= 11 is 6.07. The predicted molar refractivity (Wildman–Crippen MR) is 107 cm³/mol. The molecule has 26 heavy (non-hydrogen) atoms. The van der Waals surface area contributed by atoms with Gasteiger partial charge in [0.05, 0.1) is 12.8 Å². The Kier molecular flexibility index (Phi) is 8.16. The minimum atomic E-state index is -0.259. The van der Waals surface area contributed by atoms with Gasteiger partial charge in [0.25, 0.3) is 5.91 Å². The number of halogens is 1. The van der Waals surface area contributed by atoms with Crippen molar-refractivity contribution in [2.45, 2.75) is 39.5 Å². The number of hydrogen-bond acceptors (Lipinski definition) is 3. The van der Waals surface area contributed by atoms with E-state index in [1.807, 2.05) is 25.1 Å². The third kappa shape index (κ3) is 6.52. The lowest BCUT2D eigenvalue weighted by Gasteiger charge is -2.09. The quantitative estimate of drug-likeness (QED) is 0.365. The van der Waals surface area contributed by atoms with Crippen molar-refractivity contribution in [1.82, 2.24) is 5.43 Å². The Labute approximate surface area is 160 Å². The first kappa shape index (κ1) is 20.0. The molecule has 2 aromatic carbocycles. The van der Waals surface area contributed by atoms with Gasteiger partial charge in [-0.2, -0.15) is 5.10 Å². The highest BCUT2D eigenvalue weighted by molar-refractivity contribution is 6.30. The Morgan fingerprint density at radius 1 is 1.15 bits per heavy atom. The first-order valence-corrected chi connectivity index (χ1v) is 9.30. The topological polar surface area (TPSA) is 50.7 Å². The summed E-state index contributed by atoms with van der Waals surface area (Å²) in [7, 11) is 0. The number of rotatable bonds is 9. The molecule has 138 valence electrons. The molecule has 0 saturated heterocycles. The number of hydrazone groups is 1. The van der Waals surface area contributed by atoms with E-state index in [-0.39, 0.29) is 5.91 Å². The molecule has 0 unspecified atom stereocenters. The maximum absolute atomic E-state index is 12.1. The van der Waals surface area contributed by atoms with Gasteiger partial charge in [-0.25, -0.2) is 5.43 Å². The summed E-state index contributed by atoms with van der Waals surface area (Å²) < 4.78 is 5.83. The van der Waals surface area contributed by atoms with Crippen LogP contribution in [-0.2, 0) is 0 Å². The van der Waals surface area contributed by atoms with Gasteiger partial charge in [0.1, 0.15) is 5.75 Å². The zero-order valence-corrected chi connectivity index (χ0v) is 16.1. The van der Waals surface area contributed by atoms with Crippen LogP contribution in [0, 0.1) is 6.92 Å². The lowest BCUT2D eigenvalue weighted by Crippen LogP contribution is -2.17. The summed E-state index contributed by atoms with van der Waals surface area (Å²) in [4.78, 5) is 12.1. The fourth-order valence-corrected chi connectivity index (χ4v) is 2.57. The molecule has 2 aromatic rings. The first-order valence-electron chi connectivity index (χ1n) is 8.92. The number of carbonyl (C=O) groups is 1. The molecular formula is C21H25ClN2O2. The van der Waals surface area contributed by atoms with Crippen LogP contribution in [0.5, 0.6) is 5.75 Å². The molecule has 2 rings (SSSR count). The third-order valence-corrected chi connectivity index (χ3v) is 4.15. The molecule has 0 radical (unpaired) electrons. The molecule has 1 N–H and O–H groups in total. The van der Waals surface area contributed by atoms with Gasteiger partial charge >= 0.3 is 0 Å². The number of ether oxygens (including phenoxy) is 1. The van der Waals surface area contributed by atoms with E-state index in [9.17, 15) is 4.79 Å². The van der Waals surface area contributed by atoms with Gasteiger partial charge in [-0.15, -0.1) is 0 Å². The SMILES string of the molecule is CCCCCCOc1ccc(Cl)cc1/C=N/NC(=O)c1ccc(C)cc1. The molecule has 0 bridgehead atoms. The predicted octanol–water partition coefficient (Wildman–Crippen LogP) is 5.37. The Bertz CT molecular complexity index is 742. The number of benzene rings is 2. The van der Waals surface area contributed by atoms with Gasteiger partial charge < -0.3 is 4.74 Å². The van der Waals surface area contributed by atoms with Crippen molar-refractivity contribution in [2.24, 2.45) is 5.10 Å².